The van der Waals surface area contributed by atoms with Crippen molar-refractivity contribution < 1.29 is 19.1 Å². The van der Waals surface area contributed by atoms with Crippen LogP contribution in [-0.4, -0.2) is 67.0 Å². The van der Waals surface area contributed by atoms with Gasteiger partial charge in [-0.15, -0.1) is 0 Å². The van der Waals surface area contributed by atoms with Gasteiger partial charge in [0.05, 0.1) is 30.7 Å². The lowest BCUT2D eigenvalue weighted by Crippen LogP contribution is -2.41. The molecule has 0 bridgehead atoms. The Kier molecular flexibility index (Phi) is 6.28. The summed E-state index contributed by atoms with van der Waals surface area (Å²) in [4.78, 5) is 31.4. The summed E-state index contributed by atoms with van der Waals surface area (Å²) in [5, 5.41) is 0.602. The van der Waals surface area contributed by atoms with Crippen molar-refractivity contribution in [2.75, 3.05) is 39.4 Å². The van der Waals surface area contributed by atoms with Gasteiger partial charge >= 0.3 is 0 Å². The second kappa shape index (κ2) is 9.16. The fourth-order valence-electron chi connectivity index (χ4n) is 5.67. The Bertz CT molecular complexity index is 926. The van der Waals surface area contributed by atoms with Crippen molar-refractivity contribution in [3.05, 3.63) is 46.2 Å². The predicted octanol–water partition coefficient (Wildman–Crippen LogP) is 3.60. The zero-order chi connectivity index (χ0) is 22.2. The van der Waals surface area contributed by atoms with Gasteiger partial charge in [0.15, 0.2) is 11.5 Å². The molecule has 4 aliphatic rings. The molecule has 4 atom stereocenters. The highest BCUT2D eigenvalue weighted by Crippen LogP contribution is 2.47. The summed E-state index contributed by atoms with van der Waals surface area (Å²) in [6, 6.07) is 7.10. The van der Waals surface area contributed by atoms with Crippen molar-refractivity contribution in [2.24, 2.45) is 11.8 Å². The molecule has 0 radical (unpaired) electrons. The third kappa shape index (κ3) is 4.09. The molecule has 4 unspecified atom stereocenters. The summed E-state index contributed by atoms with van der Waals surface area (Å²) in [6.07, 6.45) is 3.36. The zero-order valence-electron chi connectivity index (χ0n) is 18.6. The van der Waals surface area contributed by atoms with E-state index in [-0.39, 0.29) is 29.5 Å². The van der Waals surface area contributed by atoms with Crippen molar-refractivity contribution in [1.82, 2.24) is 9.80 Å². The lowest BCUT2D eigenvalue weighted by Gasteiger charge is -2.37. The molecule has 0 N–H and O–H groups in total. The van der Waals surface area contributed by atoms with E-state index in [1.165, 1.54) is 0 Å². The van der Waals surface area contributed by atoms with Crippen LogP contribution in [0.4, 0.5) is 0 Å². The van der Waals surface area contributed by atoms with Gasteiger partial charge in [-0.25, -0.2) is 0 Å². The van der Waals surface area contributed by atoms with Gasteiger partial charge in [-0.3, -0.25) is 14.5 Å². The van der Waals surface area contributed by atoms with E-state index in [1.807, 2.05) is 29.2 Å². The van der Waals surface area contributed by atoms with Crippen LogP contribution < -0.4 is 0 Å². The Hall–Kier alpha value is -1.89. The molecule has 1 aliphatic carbocycles. The van der Waals surface area contributed by atoms with Gasteiger partial charge in [0.2, 0.25) is 0 Å². The van der Waals surface area contributed by atoms with Crippen molar-refractivity contribution in [3.63, 3.8) is 0 Å². The first-order chi connectivity index (χ1) is 15.5. The number of Topliss-reactive ketones (excluding diaryl/α,β-unsaturated/α-hetero) is 1. The van der Waals surface area contributed by atoms with Gasteiger partial charge in [-0.2, -0.15) is 0 Å². The molecule has 7 heteroatoms. The van der Waals surface area contributed by atoms with Crippen LogP contribution in [0.1, 0.15) is 44.2 Å². The normalized spacial score (nSPS) is 30.9. The SMILES string of the molecule is CC1CCC2OC3=C(C(=O)C2C1)C(c1cccc(Cl)c1)N(CCCN1CCOCC1)C3=O. The first-order valence-electron chi connectivity index (χ1n) is 11.8. The minimum Gasteiger partial charge on any atom is -0.483 e. The monoisotopic (exact) mass is 458 g/mol. The highest BCUT2D eigenvalue weighted by Gasteiger charge is 2.52. The number of halogens is 1. The molecule has 3 aliphatic heterocycles. The number of carbonyl (C=O) groups is 2. The van der Waals surface area contributed by atoms with Gasteiger partial charge in [0.1, 0.15) is 6.10 Å². The van der Waals surface area contributed by atoms with E-state index in [1.54, 1.807) is 0 Å². The second-order valence-corrected chi connectivity index (χ2v) is 9.99. The van der Waals surface area contributed by atoms with Crippen LogP contribution >= 0.6 is 11.6 Å². The highest BCUT2D eigenvalue weighted by molar-refractivity contribution is 6.30. The van der Waals surface area contributed by atoms with Crippen LogP contribution in [0, 0.1) is 11.8 Å². The zero-order valence-corrected chi connectivity index (χ0v) is 19.4. The van der Waals surface area contributed by atoms with E-state index in [2.05, 4.69) is 11.8 Å². The number of rotatable bonds is 5. The van der Waals surface area contributed by atoms with Crippen molar-refractivity contribution in [2.45, 2.75) is 44.8 Å². The molecule has 1 aromatic carbocycles. The van der Waals surface area contributed by atoms with E-state index in [9.17, 15) is 9.59 Å². The first-order valence-corrected chi connectivity index (χ1v) is 12.2. The number of nitrogens with zero attached hydrogens (tertiary/aromatic N) is 2. The van der Waals surface area contributed by atoms with Crippen LogP contribution in [0.25, 0.3) is 0 Å². The molecule has 3 heterocycles. The minimum absolute atomic E-state index is 0.0943. The molecule has 1 amide bonds. The summed E-state index contributed by atoms with van der Waals surface area (Å²) in [5.41, 5.74) is 1.42. The fraction of sp³-hybridized carbons (Fsp3) is 0.600. The lowest BCUT2D eigenvalue weighted by atomic mass is 9.74. The Balaban J connectivity index is 1.42. The third-order valence-electron chi connectivity index (χ3n) is 7.35. The second-order valence-electron chi connectivity index (χ2n) is 9.55. The molecule has 6 nitrogen and oxygen atoms in total. The Labute approximate surface area is 194 Å². The maximum atomic E-state index is 13.7. The smallest absolute Gasteiger partial charge is 0.290 e. The van der Waals surface area contributed by atoms with Gasteiger partial charge in [0.25, 0.3) is 5.91 Å². The summed E-state index contributed by atoms with van der Waals surface area (Å²) in [5.74, 6) is 0.564. The van der Waals surface area contributed by atoms with Crippen molar-refractivity contribution in [1.29, 1.82) is 0 Å². The molecule has 0 spiro atoms. The maximum absolute atomic E-state index is 13.7. The predicted molar refractivity (Wildman–Crippen MR) is 121 cm³/mol. The molecule has 0 aromatic heterocycles. The Morgan fingerprint density at radius 3 is 2.72 bits per heavy atom. The average Bonchev–Trinajstić information content (AvgIpc) is 3.07. The number of carbonyl (C=O) groups excluding carboxylic acids is 2. The van der Waals surface area contributed by atoms with E-state index in [0.717, 1.165) is 64.1 Å². The molecular formula is C25H31ClN2O4. The first kappa shape index (κ1) is 21.9. The number of amides is 1. The lowest BCUT2D eigenvalue weighted by molar-refractivity contribution is -0.136. The molecule has 32 heavy (non-hydrogen) atoms. The molecule has 172 valence electrons. The van der Waals surface area contributed by atoms with Crippen molar-refractivity contribution >= 4 is 23.3 Å². The number of benzene rings is 1. The number of hydrogen-bond donors (Lipinski definition) is 0. The summed E-state index contributed by atoms with van der Waals surface area (Å²) in [6.45, 7) is 7.02. The topological polar surface area (TPSA) is 59.1 Å². The highest BCUT2D eigenvalue weighted by atomic mass is 35.5. The number of ketones is 1. The number of hydrogen-bond acceptors (Lipinski definition) is 5. The van der Waals surface area contributed by atoms with Gasteiger partial charge in [-0.1, -0.05) is 30.7 Å². The molecular weight excluding hydrogens is 428 g/mol. The summed E-state index contributed by atoms with van der Waals surface area (Å²) < 4.78 is 11.7. The van der Waals surface area contributed by atoms with E-state index < -0.39 is 6.04 Å². The quantitative estimate of drug-likeness (QED) is 0.674. The third-order valence-corrected chi connectivity index (χ3v) is 7.58. The van der Waals surface area contributed by atoms with Gasteiger partial charge in [0, 0.05) is 31.2 Å². The largest absolute Gasteiger partial charge is 0.483 e. The fourth-order valence-corrected chi connectivity index (χ4v) is 5.87. The summed E-state index contributed by atoms with van der Waals surface area (Å²) in [7, 11) is 0. The summed E-state index contributed by atoms with van der Waals surface area (Å²) >= 11 is 6.30. The minimum atomic E-state index is -0.424. The van der Waals surface area contributed by atoms with Crippen LogP contribution in [0.15, 0.2) is 35.6 Å². The van der Waals surface area contributed by atoms with Crippen molar-refractivity contribution in [3.8, 4) is 0 Å². The van der Waals surface area contributed by atoms with Crippen LogP contribution in [-0.2, 0) is 19.1 Å². The molecule has 1 aromatic rings. The van der Waals surface area contributed by atoms with E-state index >= 15 is 0 Å². The molecule has 1 saturated heterocycles. The van der Waals surface area contributed by atoms with E-state index in [0.29, 0.717) is 23.1 Å². The maximum Gasteiger partial charge on any atom is 0.290 e. The molecule has 1 saturated carbocycles. The van der Waals surface area contributed by atoms with Crippen LogP contribution in [0.5, 0.6) is 0 Å². The van der Waals surface area contributed by atoms with Crippen LogP contribution in [0.3, 0.4) is 0 Å². The van der Waals surface area contributed by atoms with Crippen LogP contribution in [0.2, 0.25) is 5.02 Å². The number of fused-ring (bicyclic) bond motifs is 1. The number of ether oxygens (including phenoxy) is 2. The molecule has 2 fully saturated rings. The Morgan fingerprint density at radius 1 is 1.12 bits per heavy atom. The number of morpholine rings is 1. The average molecular weight is 459 g/mol. The van der Waals surface area contributed by atoms with Gasteiger partial charge in [-0.05, 0) is 49.3 Å². The Morgan fingerprint density at radius 2 is 1.94 bits per heavy atom. The molecule has 5 rings (SSSR count). The van der Waals surface area contributed by atoms with Gasteiger partial charge < -0.3 is 14.4 Å². The standard InChI is InChI=1S/C25H31ClN2O4/c1-16-6-7-20-19(14-16)23(29)21-22(17-4-2-5-18(26)15-17)28(25(30)24(21)32-20)9-3-8-27-10-12-31-13-11-27/h2,4-5,15-16,19-20,22H,3,6-14H2,1H3. The van der Waals surface area contributed by atoms with E-state index in [4.69, 9.17) is 21.1 Å².